The number of ether oxygens (including phenoxy) is 1. The predicted octanol–water partition coefficient (Wildman–Crippen LogP) is 1.81. The van der Waals surface area contributed by atoms with Crippen molar-refractivity contribution in [1.82, 2.24) is 15.8 Å². The quantitative estimate of drug-likeness (QED) is 0.662. The monoisotopic (exact) mass is 390 g/mol. The molecule has 146 valence electrons. The highest BCUT2D eigenvalue weighted by molar-refractivity contribution is 5.99. The van der Waals surface area contributed by atoms with E-state index in [2.05, 4.69) is 15.8 Å². The number of rotatable bonds is 4. The van der Waals surface area contributed by atoms with Crippen LogP contribution in [-0.2, 0) is 9.59 Å². The van der Waals surface area contributed by atoms with Crippen LogP contribution >= 0.6 is 0 Å². The lowest BCUT2D eigenvalue weighted by atomic mass is 10.2. The van der Waals surface area contributed by atoms with Gasteiger partial charge in [0.15, 0.2) is 6.61 Å². The molecule has 0 fully saturated rings. The number of anilines is 1. The third-order valence-corrected chi connectivity index (χ3v) is 4.52. The number of hydrogen-bond acceptors (Lipinski definition) is 5. The Bertz CT molecular complexity index is 1100. The first-order valence-corrected chi connectivity index (χ1v) is 9.09. The molecule has 2 N–H and O–H groups in total. The second kappa shape index (κ2) is 7.97. The molecule has 2 aromatic carbocycles. The van der Waals surface area contributed by atoms with Gasteiger partial charge in [-0.25, -0.2) is 4.98 Å². The number of nitrogens with one attached hydrogen (secondary N) is 2. The van der Waals surface area contributed by atoms with Crippen molar-refractivity contribution in [3.05, 3.63) is 66.4 Å². The van der Waals surface area contributed by atoms with Crippen molar-refractivity contribution in [3.63, 3.8) is 0 Å². The highest BCUT2D eigenvalue weighted by Crippen LogP contribution is 2.31. The first-order valence-electron chi connectivity index (χ1n) is 9.09. The molecule has 3 amide bonds. The van der Waals surface area contributed by atoms with Gasteiger partial charge in [0.1, 0.15) is 11.4 Å². The van der Waals surface area contributed by atoms with Crippen LogP contribution < -0.4 is 20.5 Å². The highest BCUT2D eigenvalue weighted by Gasteiger charge is 2.25. The van der Waals surface area contributed by atoms with E-state index in [9.17, 15) is 14.4 Å². The zero-order valence-electron chi connectivity index (χ0n) is 15.4. The molecule has 3 aromatic rings. The summed E-state index contributed by atoms with van der Waals surface area (Å²) in [6.45, 7) is 0.109. The second-order valence-corrected chi connectivity index (χ2v) is 6.44. The highest BCUT2D eigenvalue weighted by atomic mass is 16.5. The van der Waals surface area contributed by atoms with E-state index in [1.807, 2.05) is 30.3 Å². The summed E-state index contributed by atoms with van der Waals surface area (Å²) in [5.74, 6) is -0.558. The summed E-state index contributed by atoms with van der Waals surface area (Å²) in [5.41, 5.74) is 6.22. The summed E-state index contributed by atoms with van der Waals surface area (Å²) >= 11 is 0. The Kier molecular flexibility index (Phi) is 5.07. The zero-order chi connectivity index (χ0) is 20.2. The van der Waals surface area contributed by atoms with Crippen molar-refractivity contribution in [2.24, 2.45) is 0 Å². The smallest absolute Gasteiger partial charge is 0.288 e. The van der Waals surface area contributed by atoms with Crippen LogP contribution in [0, 0.1) is 0 Å². The maximum absolute atomic E-state index is 12.2. The third kappa shape index (κ3) is 4.01. The number of carbonyl (C=O) groups is 3. The van der Waals surface area contributed by atoms with Crippen molar-refractivity contribution < 1.29 is 19.1 Å². The number of pyridine rings is 1. The average molecular weight is 390 g/mol. The topological polar surface area (TPSA) is 101 Å². The summed E-state index contributed by atoms with van der Waals surface area (Å²) in [6, 6.07) is 18.0. The number of hydrazine groups is 1. The fourth-order valence-electron chi connectivity index (χ4n) is 3.06. The molecular formula is C21H18N4O4. The molecule has 2 heterocycles. The lowest BCUT2D eigenvalue weighted by Crippen LogP contribution is -2.45. The summed E-state index contributed by atoms with van der Waals surface area (Å²) in [4.78, 5) is 42.3. The van der Waals surface area contributed by atoms with Gasteiger partial charge in [0, 0.05) is 18.4 Å². The van der Waals surface area contributed by atoms with Gasteiger partial charge in [0.05, 0.1) is 11.2 Å². The van der Waals surface area contributed by atoms with E-state index in [1.165, 1.54) is 4.90 Å². The fourth-order valence-corrected chi connectivity index (χ4v) is 3.06. The molecule has 29 heavy (non-hydrogen) atoms. The molecule has 0 aliphatic carbocycles. The molecule has 1 aliphatic heterocycles. The van der Waals surface area contributed by atoms with Crippen molar-refractivity contribution in [2.75, 3.05) is 18.1 Å². The van der Waals surface area contributed by atoms with E-state index >= 15 is 0 Å². The molecule has 8 heteroatoms. The number of hydrogen-bond donors (Lipinski definition) is 2. The number of aromatic nitrogens is 1. The SMILES string of the molecule is O=C(CCN1C(=O)COc2ccccc21)NNC(=O)c1ccc2ccccc2n1. The predicted molar refractivity (Wildman–Crippen MR) is 106 cm³/mol. The fraction of sp³-hybridized carbons (Fsp3) is 0.143. The largest absolute Gasteiger partial charge is 0.482 e. The van der Waals surface area contributed by atoms with Crippen LogP contribution in [-0.4, -0.2) is 35.9 Å². The Hall–Kier alpha value is -3.94. The van der Waals surface area contributed by atoms with E-state index in [0.717, 1.165) is 5.39 Å². The number of nitrogens with zero attached hydrogens (tertiary/aromatic N) is 2. The van der Waals surface area contributed by atoms with Crippen LogP contribution in [0.15, 0.2) is 60.7 Å². The van der Waals surface area contributed by atoms with Crippen LogP contribution in [0.25, 0.3) is 10.9 Å². The molecule has 0 unspecified atom stereocenters. The molecule has 0 radical (unpaired) electrons. The Morgan fingerprint density at radius 2 is 1.79 bits per heavy atom. The van der Waals surface area contributed by atoms with E-state index in [1.54, 1.807) is 30.3 Å². The van der Waals surface area contributed by atoms with Gasteiger partial charge in [-0.2, -0.15) is 0 Å². The summed E-state index contributed by atoms with van der Waals surface area (Å²) in [6.07, 6.45) is 0.0193. The first kappa shape index (κ1) is 18.4. The van der Waals surface area contributed by atoms with Gasteiger partial charge in [0.25, 0.3) is 11.8 Å². The standard InChI is InChI=1S/C21H18N4O4/c26-19(11-12-25-17-7-3-4-8-18(17)29-13-20(25)27)23-24-21(28)16-10-9-14-5-1-2-6-15(14)22-16/h1-10H,11-13H2,(H,23,26)(H,24,28). The van der Waals surface area contributed by atoms with Crippen molar-refractivity contribution in [1.29, 1.82) is 0 Å². The van der Waals surface area contributed by atoms with Crippen molar-refractivity contribution in [2.45, 2.75) is 6.42 Å². The van der Waals surface area contributed by atoms with Crippen LogP contribution in [0.5, 0.6) is 5.75 Å². The number of benzene rings is 2. The molecule has 0 bridgehead atoms. The minimum Gasteiger partial charge on any atom is -0.482 e. The molecule has 0 saturated carbocycles. The van der Waals surface area contributed by atoms with Gasteiger partial charge in [0.2, 0.25) is 5.91 Å². The normalized spacial score (nSPS) is 12.8. The Morgan fingerprint density at radius 3 is 2.69 bits per heavy atom. The number of amides is 3. The van der Waals surface area contributed by atoms with Crippen LogP contribution in [0.3, 0.4) is 0 Å². The Balaban J connectivity index is 1.33. The van der Waals surface area contributed by atoms with Gasteiger partial charge in [-0.3, -0.25) is 25.2 Å². The molecule has 0 spiro atoms. The molecule has 8 nitrogen and oxygen atoms in total. The molecular weight excluding hydrogens is 372 g/mol. The Labute approximate surface area is 166 Å². The number of fused-ring (bicyclic) bond motifs is 2. The van der Waals surface area contributed by atoms with Crippen LogP contribution in [0.4, 0.5) is 5.69 Å². The molecule has 0 saturated heterocycles. The molecule has 1 aliphatic rings. The minimum absolute atomic E-state index is 0.0193. The van der Waals surface area contributed by atoms with E-state index in [-0.39, 0.29) is 31.2 Å². The first-order chi connectivity index (χ1) is 14.1. The maximum atomic E-state index is 12.2. The Morgan fingerprint density at radius 1 is 1.00 bits per heavy atom. The van der Waals surface area contributed by atoms with E-state index in [4.69, 9.17) is 4.74 Å². The summed E-state index contributed by atoms with van der Waals surface area (Å²) in [7, 11) is 0. The number of carbonyl (C=O) groups excluding carboxylic acids is 3. The van der Waals surface area contributed by atoms with Crippen LogP contribution in [0.1, 0.15) is 16.9 Å². The van der Waals surface area contributed by atoms with Crippen molar-refractivity contribution in [3.8, 4) is 5.75 Å². The molecule has 4 rings (SSSR count). The maximum Gasteiger partial charge on any atom is 0.288 e. The second-order valence-electron chi connectivity index (χ2n) is 6.44. The van der Waals surface area contributed by atoms with Gasteiger partial charge < -0.3 is 9.64 Å². The van der Waals surface area contributed by atoms with E-state index in [0.29, 0.717) is 17.0 Å². The third-order valence-electron chi connectivity index (χ3n) is 4.52. The summed E-state index contributed by atoms with van der Waals surface area (Å²) in [5, 5.41) is 0.920. The molecule has 0 atom stereocenters. The zero-order valence-corrected chi connectivity index (χ0v) is 15.4. The lowest BCUT2D eigenvalue weighted by molar-refractivity contribution is -0.122. The summed E-state index contributed by atoms with van der Waals surface area (Å²) < 4.78 is 5.38. The number of para-hydroxylation sites is 3. The van der Waals surface area contributed by atoms with Crippen LogP contribution in [0.2, 0.25) is 0 Å². The van der Waals surface area contributed by atoms with Gasteiger partial charge in [-0.1, -0.05) is 36.4 Å². The lowest BCUT2D eigenvalue weighted by Gasteiger charge is -2.29. The molecule has 1 aromatic heterocycles. The minimum atomic E-state index is -0.517. The van der Waals surface area contributed by atoms with Crippen molar-refractivity contribution >= 4 is 34.3 Å². The van der Waals surface area contributed by atoms with Gasteiger partial charge in [-0.15, -0.1) is 0 Å². The van der Waals surface area contributed by atoms with E-state index < -0.39 is 11.8 Å². The van der Waals surface area contributed by atoms with Gasteiger partial charge >= 0.3 is 0 Å². The van der Waals surface area contributed by atoms with Gasteiger partial charge in [-0.05, 0) is 24.3 Å². The average Bonchev–Trinajstić information content (AvgIpc) is 2.76.